The van der Waals surface area contributed by atoms with Crippen LogP contribution >= 0.6 is 23.4 Å². The number of halogens is 2. The molecular formula is C22H26ClFN2OS. The Morgan fingerprint density at radius 2 is 1.89 bits per heavy atom. The number of piperidine rings is 1. The van der Waals surface area contributed by atoms with Gasteiger partial charge in [0.05, 0.1) is 5.75 Å². The third kappa shape index (κ3) is 6.80. The van der Waals surface area contributed by atoms with Gasteiger partial charge in [0.2, 0.25) is 5.91 Å². The van der Waals surface area contributed by atoms with Gasteiger partial charge in [-0.3, -0.25) is 9.69 Å². The first kappa shape index (κ1) is 21.2. The van der Waals surface area contributed by atoms with Gasteiger partial charge in [-0.1, -0.05) is 48.4 Å². The van der Waals surface area contributed by atoms with Gasteiger partial charge in [0.15, 0.2) is 0 Å². The third-order valence-electron chi connectivity index (χ3n) is 4.84. The van der Waals surface area contributed by atoms with Crippen molar-refractivity contribution in [3.63, 3.8) is 0 Å². The highest BCUT2D eigenvalue weighted by molar-refractivity contribution is 7.99. The molecule has 0 saturated carbocycles. The van der Waals surface area contributed by atoms with Crippen molar-refractivity contribution in [1.29, 1.82) is 0 Å². The second-order valence-electron chi connectivity index (χ2n) is 7.16. The molecule has 3 rings (SSSR count). The van der Waals surface area contributed by atoms with E-state index < -0.39 is 0 Å². The van der Waals surface area contributed by atoms with Crippen molar-refractivity contribution in [3.8, 4) is 0 Å². The Balaban J connectivity index is 1.40. The van der Waals surface area contributed by atoms with Crippen LogP contribution in [0.3, 0.4) is 0 Å². The third-order valence-corrected chi connectivity index (χ3v) is 6.06. The molecule has 1 aliphatic rings. The minimum atomic E-state index is -0.328. The maximum Gasteiger partial charge on any atom is 0.230 e. The van der Waals surface area contributed by atoms with Gasteiger partial charge in [-0.15, -0.1) is 11.8 Å². The summed E-state index contributed by atoms with van der Waals surface area (Å²) in [5.74, 6) is 0.379. The molecule has 1 N–H and O–H groups in total. The fraction of sp³-hybridized carbons (Fsp3) is 0.409. The van der Waals surface area contributed by atoms with Crippen molar-refractivity contribution in [3.05, 3.63) is 70.0 Å². The predicted molar refractivity (Wildman–Crippen MR) is 115 cm³/mol. The van der Waals surface area contributed by atoms with Crippen LogP contribution in [0.25, 0.3) is 0 Å². The highest BCUT2D eigenvalue weighted by atomic mass is 35.5. The Kier molecular flexibility index (Phi) is 8.19. The average Bonchev–Trinajstić information content (AvgIpc) is 2.69. The maximum atomic E-state index is 13.7. The van der Waals surface area contributed by atoms with Crippen LogP contribution < -0.4 is 5.32 Å². The summed E-state index contributed by atoms with van der Waals surface area (Å²) in [6.07, 6.45) is 3.91. The fourth-order valence-electron chi connectivity index (χ4n) is 3.36. The lowest BCUT2D eigenvalue weighted by Crippen LogP contribution is -2.29. The Hall–Kier alpha value is -1.56. The van der Waals surface area contributed by atoms with E-state index >= 15 is 0 Å². The molecule has 3 nitrogen and oxygen atoms in total. The second-order valence-corrected chi connectivity index (χ2v) is 8.58. The minimum absolute atomic E-state index is 0.0409. The van der Waals surface area contributed by atoms with Crippen LogP contribution in [0.5, 0.6) is 0 Å². The molecule has 1 aliphatic heterocycles. The molecule has 0 atom stereocenters. The zero-order valence-corrected chi connectivity index (χ0v) is 17.5. The smallest absolute Gasteiger partial charge is 0.230 e. The van der Waals surface area contributed by atoms with Crippen molar-refractivity contribution >= 4 is 29.3 Å². The number of amides is 1. The van der Waals surface area contributed by atoms with E-state index in [1.807, 2.05) is 6.07 Å². The summed E-state index contributed by atoms with van der Waals surface area (Å²) < 4.78 is 13.7. The summed E-state index contributed by atoms with van der Waals surface area (Å²) in [6, 6.07) is 13.0. The van der Waals surface area contributed by atoms with E-state index in [0.29, 0.717) is 28.6 Å². The molecule has 28 heavy (non-hydrogen) atoms. The predicted octanol–water partition coefficient (Wildman–Crippen LogP) is 5.01. The number of carbonyl (C=O) groups is 1. The molecular weight excluding hydrogens is 395 g/mol. The first-order valence-corrected chi connectivity index (χ1v) is 11.2. The molecule has 150 valence electrons. The average molecular weight is 421 g/mol. The minimum Gasteiger partial charge on any atom is -0.351 e. The van der Waals surface area contributed by atoms with E-state index in [-0.39, 0.29) is 11.7 Å². The molecule has 2 aromatic carbocycles. The topological polar surface area (TPSA) is 32.3 Å². The summed E-state index contributed by atoms with van der Waals surface area (Å²) in [5, 5.41) is 3.33. The number of thioether (sulfide) groups is 1. The number of hydrogen-bond donors (Lipinski definition) is 1. The fourth-order valence-corrected chi connectivity index (χ4v) is 4.36. The van der Waals surface area contributed by atoms with Crippen LogP contribution in [0.4, 0.5) is 4.39 Å². The van der Waals surface area contributed by atoms with Crippen LogP contribution in [-0.2, 0) is 23.6 Å². The Bertz CT molecular complexity index is 796. The monoisotopic (exact) mass is 420 g/mol. The highest BCUT2D eigenvalue weighted by Crippen LogP contribution is 2.19. The first-order chi connectivity index (χ1) is 13.6. The quantitative estimate of drug-likeness (QED) is 0.651. The second kappa shape index (κ2) is 10.8. The standard InChI is InChI=1S/C22H26ClFN2OS/c23-20-8-7-19(21(24)12-20)15-28-16-22(27)25-13-17-5-4-6-18(11-17)14-26-9-2-1-3-10-26/h4-8,11-12H,1-3,9-10,13-16H2,(H,25,27). The summed E-state index contributed by atoms with van der Waals surface area (Å²) in [5.41, 5.74) is 2.96. The molecule has 6 heteroatoms. The van der Waals surface area contributed by atoms with Crippen LogP contribution in [0.15, 0.2) is 42.5 Å². The molecule has 1 heterocycles. The number of carbonyl (C=O) groups excluding carboxylic acids is 1. The van der Waals surface area contributed by atoms with Gasteiger partial charge in [-0.05, 0) is 54.8 Å². The van der Waals surface area contributed by atoms with Gasteiger partial charge >= 0.3 is 0 Å². The van der Waals surface area contributed by atoms with Crippen LogP contribution in [0, 0.1) is 5.82 Å². The SMILES string of the molecule is O=C(CSCc1ccc(Cl)cc1F)NCc1cccc(CN2CCCCC2)c1. The van der Waals surface area contributed by atoms with E-state index in [2.05, 4.69) is 28.4 Å². The Morgan fingerprint density at radius 3 is 2.68 bits per heavy atom. The summed E-state index contributed by atoms with van der Waals surface area (Å²) >= 11 is 7.15. The number of benzene rings is 2. The van der Waals surface area contributed by atoms with Crippen LogP contribution in [0.1, 0.15) is 36.0 Å². The molecule has 0 aromatic heterocycles. The van der Waals surface area contributed by atoms with E-state index in [9.17, 15) is 9.18 Å². The lowest BCUT2D eigenvalue weighted by molar-refractivity contribution is -0.118. The zero-order chi connectivity index (χ0) is 19.8. The van der Waals surface area contributed by atoms with Crippen molar-refractivity contribution in [2.45, 2.75) is 38.1 Å². The molecule has 1 saturated heterocycles. The van der Waals surface area contributed by atoms with Gasteiger partial charge in [0.25, 0.3) is 0 Å². The highest BCUT2D eigenvalue weighted by Gasteiger charge is 2.11. The first-order valence-electron chi connectivity index (χ1n) is 9.69. The molecule has 0 aliphatic carbocycles. The van der Waals surface area contributed by atoms with Crippen LogP contribution in [0.2, 0.25) is 5.02 Å². The molecule has 0 bridgehead atoms. The Labute approximate surface area is 175 Å². The maximum absolute atomic E-state index is 13.7. The van der Waals surface area contributed by atoms with Crippen LogP contribution in [-0.4, -0.2) is 29.6 Å². The van der Waals surface area contributed by atoms with Crippen molar-refractivity contribution in [2.24, 2.45) is 0 Å². The number of nitrogens with zero attached hydrogens (tertiary/aromatic N) is 1. The summed E-state index contributed by atoms with van der Waals surface area (Å²) in [7, 11) is 0. The lowest BCUT2D eigenvalue weighted by atomic mass is 10.1. The van der Waals surface area contributed by atoms with E-state index in [1.165, 1.54) is 55.7 Å². The molecule has 2 aromatic rings. The van der Waals surface area contributed by atoms with Gasteiger partial charge < -0.3 is 5.32 Å². The summed E-state index contributed by atoms with van der Waals surface area (Å²) in [6.45, 7) is 3.84. The number of hydrogen-bond acceptors (Lipinski definition) is 3. The number of likely N-dealkylation sites (tertiary alicyclic amines) is 1. The lowest BCUT2D eigenvalue weighted by Gasteiger charge is -2.26. The molecule has 0 radical (unpaired) electrons. The van der Waals surface area contributed by atoms with E-state index in [4.69, 9.17) is 11.6 Å². The normalized spacial score (nSPS) is 14.8. The van der Waals surface area contributed by atoms with E-state index in [1.54, 1.807) is 12.1 Å². The van der Waals surface area contributed by atoms with Gasteiger partial charge in [-0.25, -0.2) is 4.39 Å². The van der Waals surface area contributed by atoms with Gasteiger partial charge in [-0.2, -0.15) is 0 Å². The largest absolute Gasteiger partial charge is 0.351 e. The molecule has 0 spiro atoms. The van der Waals surface area contributed by atoms with Crippen molar-refractivity contribution in [1.82, 2.24) is 10.2 Å². The Morgan fingerprint density at radius 1 is 1.11 bits per heavy atom. The number of rotatable bonds is 8. The van der Waals surface area contributed by atoms with Gasteiger partial charge in [0.1, 0.15) is 5.82 Å². The molecule has 1 fully saturated rings. The molecule has 0 unspecified atom stereocenters. The summed E-state index contributed by atoms with van der Waals surface area (Å²) in [4.78, 5) is 14.6. The zero-order valence-electron chi connectivity index (χ0n) is 15.9. The van der Waals surface area contributed by atoms with Crippen molar-refractivity contribution < 1.29 is 9.18 Å². The van der Waals surface area contributed by atoms with Crippen molar-refractivity contribution in [2.75, 3.05) is 18.8 Å². The van der Waals surface area contributed by atoms with E-state index in [0.717, 1.165) is 12.1 Å². The molecule has 1 amide bonds. The van der Waals surface area contributed by atoms with Gasteiger partial charge in [0, 0.05) is 23.9 Å². The number of nitrogens with one attached hydrogen (secondary N) is 1.